The molecule has 0 aliphatic heterocycles. The molecule has 0 saturated heterocycles. The molecule has 0 aromatic rings. The van der Waals surface area contributed by atoms with Gasteiger partial charge < -0.3 is 33.8 Å². The van der Waals surface area contributed by atoms with Crippen LogP contribution >= 0.6 is 15.6 Å². The highest BCUT2D eigenvalue weighted by Crippen LogP contribution is 2.45. The average molecular weight is 1520 g/mol. The molecule has 618 valence electrons. The zero-order valence-electron chi connectivity index (χ0n) is 68.5. The first-order valence-electron chi connectivity index (χ1n) is 43.9. The van der Waals surface area contributed by atoms with Gasteiger partial charge in [0.25, 0.3) is 0 Å². The molecule has 0 saturated carbocycles. The lowest BCUT2D eigenvalue weighted by Crippen LogP contribution is -2.30. The highest BCUT2D eigenvalue weighted by molar-refractivity contribution is 7.47. The average Bonchev–Trinajstić information content (AvgIpc) is 0.905. The first-order valence-corrected chi connectivity index (χ1v) is 46.9. The molecule has 0 bridgehead atoms. The number of esters is 4. The SMILES string of the molecule is CCCCCCCCCCCCCCCCC(=O)O[C@H](COC(=O)CCCCCCCCC(C)CC)COP(=O)(O)OC[C@H](O)COP(=O)(O)OC[C@@H](COC(=O)CCCCCCCCCCCCCCCCCCC(C)C)OC(=O)CCCCCCCCCCCCCCCCCCCCC(C)C. The van der Waals surface area contributed by atoms with Crippen LogP contribution in [0.1, 0.15) is 447 Å². The summed E-state index contributed by atoms with van der Waals surface area (Å²) in [6, 6.07) is 0. The van der Waals surface area contributed by atoms with Crippen LogP contribution < -0.4 is 0 Å². The molecule has 19 heteroatoms. The molecule has 0 spiro atoms. The maximum atomic E-state index is 13.1. The largest absolute Gasteiger partial charge is 0.472 e. The van der Waals surface area contributed by atoms with Gasteiger partial charge in [0.15, 0.2) is 12.2 Å². The molecule has 104 heavy (non-hydrogen) atoms. The second-order valence-electron chi connectivity index (χ2n) is 31.8. The minimum atomic E-state index is -4.97. The van der Waals surface area contributed by atoms with Crippen molar-refractivity contribution in [2.24, 2.45) is 17.8 Å². The molecule has 0 heterocycles. The summed E-state index contributed by atoms with van der Waals surface area (Å²) in [5, 5.41) is 10.7. The lowest BCUT2D eigenvalue weighted by molar-refractivity contribution is -0.161. The van der Waals surface area contributed by atoms with Gasteiger partial charge in [-0.3, -0.25) is 37.3 Å². The highest BCUT2D eigenvalue weighted by atomic mass is 31.2. The number of rotatable bonds is 83. The molecule has 3 N–H and O–H groups in total. The summed E-state index contributed by atoms with van der Waals surface area (Å²) < 4.78 is 68.8. The standard InChI is InChI=1S/C85H166O17P2/c1-8-10-11-12-13-14-15-16-29-35-40-45-54-61-68-85(90)102-81(73-96-83(88)67-60-53-48-47-51-58-65-78(7)9-2)75-100-104(93,94)98-71-79(86)70-97-103(91,92)99-74-80(72-95-82(87)66-59-52-44-39-34-30-25-22-21-24-28-33-38-43-50-57-64-77(5)6)101-84(89)69-62-55-46-41-36-31-26-20-18-17-19-23-27-32-37-42-49-56-63-76(3)4/h76-81,86H,8-75H2,1-7H3,(H,91,92)(H,93,94)/t78?,79-,80-,81-/m1/s1. The van der Waals surface area contributed by atoms with E-state index in [-0.39, 0.29) is 25.7 Å². The Balaban J connectivity index is 5.23. The molecule has 0 aliphatic rings. The monoisotopic (exact) mass is 1520 g/mol. The molecule has 0 amide bonds. The van der Waals surface area contributed by atoms with Crippen molar-refractivity contribution in [2.75, 3.05) is 39.6 Å². The molecule has 0 rings (SSSR count). The molecule has 0 radical (unpaired) electrons. The van der Waals surface area contributed by atoms with Gasteiger partial charge in [-0.1, -0.05) is 395 Å². The summed E-state index contributed by atoms with van der Waals surface area (Å²) >= 11 is 0. The lowest BCUT2D eigenvalue weighted by Gasteiger charge is -2.21. The minimum absolute atomic E-state index is 0.107. The Hall–Kier alpha value is -1.94. The van der Waals surface area contributed by atoms with Gasteiger partial charge >= 0.3 is 39.5 Å². The fourth-order valence-electron chi connectivity index (χ4n) is 13.2. The van der Waals surface area contributed by atoms with Crippen molar-refractivity contribution < 1.29 is 80.2 Å². The Bertz CT molecular complexity index is 2010. The molecular weight excluding hydrogens is 1350 g/mol. The van der Waals surface area contributed by atoms with Crippen LogP contribution in [0.3, 0.4) is 0 Å². The number of hydrogen-bond acceptors (Lipinski definition) is 15. The molecule has 0 aromatic heterocycles. The van der Waals surface area contributed by atoms with Crippen LogP contribution in [-0.4, -0.2) is 96.7 Å². The van der Waals surface area contributed by atoms with Crippen molar-refractivity contribution in [1.29, 1.82) is 0 Å². The van der Waals surface area contributed by atoms with Crippen LogP contribution in [-0.2, 0) is 65.4 Å². The van der Waals surface area contributed by atoms with Gasteiger partial charge in [0.05, 0.1) is 26.4 Å². The predicted octanol–water partition coefficient (Wildman–Crippen LogP) is 25.7. The Morgan fingerprint density at radius 1 is 0.279 bits per heavy atom. The number of unbranched alkanes of at least 4 members (excludes halogenated alkanes) is 50. The second kappa shape index (κ2) is 75.1. The van der Waals surface area contributed by atoms with Crippen LogP contribution in [0.5, 0.6) is 0 Å². The fourth-order valence-corrected chi connectivity index (χ4v) is 14.7. The number of hydrogen-bond donors (Lipinski definition) is 3. The Morgan fingerprint density at radius 2 is 0.490 bits per heavy atom. The van der Waals surface area contributed by atoms with E-state index in [1.807, 2.05) is 0 Å². The summed E-state index contributed by atoms with van der Waals surface area (Å²) in [5.74, 6) is 0.258. The van der Waals surface area contributed by atoms with Gasteiger partial charge in [-0.25, -0.2) is 9.13 Å². The van der Waals surface area contributed by atoms with Crippen LogP contribution in [0.2, 0.25) is 0 Å². The summed E-state index contributed by atoms with van der Waals surface area (Å²) in [6.07, 6.45) is 65.3. The first kappa shape index (κ1) is 102. The lowest BCUT2D eigenvalue weighted by atomic mass is 10.00. The van der Waals surface area contributed by atoms with Gasteiger partial charge in [0.1, 0.15) is 19.3 Å². The summed E-state index contributed by atoms with van der Waals surface area (Å²) in [7, 11) is -9.93. The smallest absolute Gasteiger partial charge is 0.462 e. The summed E-state index contributed by atoms with van der Waals surface area (Å²) in [5.41, 5.74) is 0. The van der Waals surface area contributed by atoms with Crippen LogP contribution in [0.15, 0.2) is 0 Å². The summed E-state index contributed by atoms with van der Waals surface area (Å²) in [4.78, 5) is 73.2. The third-order valence-electron chi connectivity index (χ3n) is 20.2. The van der Waals surface area contributed by atoms with Crippen molar-refractivity contribution in [3.05, 3.63) is 0 Å². The van der Waals surface area contributed by atoms with Crippen molar-refractivity contribution in [1.82, 2.24) is 0 Å². The van der Waals surface area contributed by atoms with Gasteiger partial charge in [0, 0.05) is 25.7 Å². The van der Waals surface area contributed by atoms with E-state index in [9.17, 15) is 43.2 Å². The fraction of sp³-hybridized carbons (Fsp3) is 0.953. The van der Waals surface area contributed by atoms with E-state index in [0.29, 0.717) is 25.7 Å². The first-order chi connectivity index (χ1) is 50.3. The number of aliphatic hydroxyl groups excluding tert-OH is 1. The second-order valence-corrected chi connectivity index (χ2v) is 34.7. The third kappa shape index (κ3) is 76.8. The highest BCUT2D eigenvalue weighted by Gasteiger charge is 2.30. The van der Waals surface area contributed by atoms with Gasteiger partial charge in [-0.05, 0) is 43.4 Å². The zero-order valence-corrected chi connectivity index (χ0v) is 70.3. The number of ether oxygens (including phenoxy) is 4. The minimum Gasteiger partial charge on any atom is -0.462 e. The Labute approximate surface area is 638 Å². The Morgan fingerprint density at radius 3 is 0.731 bits per heavy atom. The van der Waals surface area contributed by atoms with Gasteiger partial charge in [-0.15, -0.1) is 0 Å². The number of phosphoric acid groups is 2. The molecule has 3 unspecified atom stereocenters. The normalized spacial score (nSPS) is 14.2. The number of aliphatic hydroxyl groups is 1. The van der Waals surface area contributed by atoms with Crippen LogP contribution in [0.4, 0.5) is 0 Å². The van der Waals surface area contributed by atoms with Crippen molar-refractivity contribution in [3.63, 3.8) is 0 Å². The molecule has 0 aliphatic carbocycles. The van der Waals surface area contributed by atoms with Crippen LogP contribution in [0.25, 0.3) is 0 Å². The maximum Gasteiger partial charge on any atom is 0.472 e. The zero-order chi connectivity index (χ0) is 76.5. The van der Waals surface area contributed by atoms with E-state index in [2.05, 4.69) is 48.5 Å². The molecule has 0 fully saturated rings. The van der Waals surface area contributed by atoms with Crippen LogP contribution in [0, 0.1) is 17.8 Å². The topological polar surface area (TPSA) is 237 Å². The Kier molecular flexibility index (Phi) is 73.7. The van der Waals surface area contributed by atoms with E-state index >= 15 is 0 Å². The predicted molar refractivity (Wildman–Crippen MR) is 428 cm³/mol. The van der Waals surface area contributed by atoms with Crippen molar-refractivity contribution in [2.45, 2.75) is 465 Å². The maximum absolute atomic E-state index is 13.1. The number of carbonyl (C=O) groups excluding carboxylic acids is 4. The van der Waals surface area contributed by atoms with Gasteiger partial charge in [0.2, 0.25) is 0 Å². The summed E-state index contributed by atoms with van der Waals surface area (Å²) in [6.45, 7) is 12.0. The van der Waals surface area contributed by atoms with Crippen molar-refractivity contribution >= 4 is 39.5 Å². The molecule has 17 nitrogen and oxygen atoms in total. The van der Waals surface area contributed by atoms with Gasteiger partial charge in [-0.2, -0.15) is 0 Å². The molecule has 0 aromatic carbocycles. The number of phosphoric ester groups is 2. The van der Waals surface area contributed by atoms with Crippen molar-refractivity contribution in [3.8, 4) is 0 Å². The van der Waals surface area contributed by atoms with E-state index in [1.165, 1.54) is 250 Å². The molecular formula is C85H166O17P2. The van der Waals surface area contributed by atoms with E-state index < -0.39 is 97.5 Å². The van der Waals surface area contributed by atoms with E-state index in [4.69, 9.17) is 37.0 Å². The van der Waals surface area contributed by atoms with E-state index in [1.54, 1.807) is 0 Å². The van der Waals surface area contributed by atoms with E-state index in [0.717, 1.165) is 114 Å². The third-order valence-corrected chi connectivity index (χ3v) is 22.1. The quantitative estimate of drug-likeness (QED) is 0.0222. The number of carbonyl (C=O) groups is 4. The molecule has 6 atom stereocenters.